The van der Waals surface area contributed by atoms with Crippen LogP contribution in [0.15, 0.2) is 121 Å². The van der Waals surface area contributed by atoms with Crippen molar-refractivity contribution in [3.8, 4) is 0 Å². The van der Waals surface area contributed by atoms with Gasteiger partial charge in [-0.1, -0.05) is 0 Å². The topological polar surface area (TPSA) is 0 Å². The third kappa shape index (κ3) is 7.00. The molecule has 2 heteroatoms. The zero-order chi connectivity index (χ0) is 17.9. The van der Waals surface area contributed by atoms with E-state index in [0.29, 0.717) is 0 Å². The molecule has 0 atom stereocenters. The monoisotopic (exact) mass is 548 g/mol. The van der Waals surface area contributed by atoms with Crippen LogP contribution in [-0.4, -0.2) is 42.3 Å². The normalized spacial score (nSPS) is 9.54. The number of rotatable bonds is 4. The first kappa shape index (κ1) is 19.2. The predicted octanol–water partition coefficient (Wildman–Crippen LogP) is 2.68. The summed E-state index contributed by atoms with van der Waals surface area (Å²) >= 11 is -1.03. The Balaban J connectivity index is 0.000000151. The first-order valence-corrected chi connectivity index (χ1v) is 14.4. The second-order valence-electron chi connectivity index (χ2n) is 5.71. The predicted molar refractivity (Wildman–Crippen MR) is 116 cm³/mol. The fourth-order valence-electron chi connectivity index (χ4n) is 2.42. The summed E-state index contributed by atoms with van der Waals surface area (Å²) < 4.78 is 6.16. The van der Waals surface area contributed by atoms with Gasteiger partial charge in [-0.15, -0.1) is 0 Å². The summed E-state index contributed by atoms with van der Waals surface area (Å²) in [7, 11) is 0. The molecule has 0 N–H and O–H groups in total. The molecule has 4 rings (SSSR count). The van der Waals surface area contributed by atoms with E-state index in [4.69, 9.17) is 0 Å². The van der Waals surface area contributed by atoms with Crippen molar-refractivity contribution in [3.63, 3.8) is 0 Å². The maximum absolute atomic E-state index is 2.24. The molecule has 0 aliphatic heterocycles. The van der Waals surface area contributed by atoms with Gasteiger partial charge in [0.05, 0.1) is 0 Å². The molecule has 0 amide bonds. The van der Waals surface area contributed by atoms with Gasteiger partial charge in [0.1, 0.15) is 0 Å². The third-order valence-electron chi connectivity index (χ3n) is 3.67. The molecule has 2 radical (unpaired) electrons. The molecule has 0 saturated carbocycles. The van der Waals surface area contributed by atoms with E-state index in [-0.39, 0.29) is 0 Å². The molecule has 0 fully saturated rings. The van der Waals surface area contributed by atoms with Gasteiger partial charge >= 0.3 is 178 Å². The van der Waals surface area contributed by atoms with Crippen LogP contribution in [0.4, 0.5) is 0 Å². The Labute approximate surface area is 176 Å². The minimum absolute atomic E-state index is 0.517. The molecule has 0 spiro atoms. The Bertz CT molecular complexity index is 709. The minimum atomic E-state index is -0.517. The van der Waals surface area contributed by atoms with Gasteiger partial charge in [-0.2, -0.15) is 0 Å². The molecule has 0 aromatic heterocycles. The van der Waals surface area contributed by atoms with Crippen LogP contribution < -0.4 is 14.3 Å². The fraction of sp³-hybridized carbons (Fsp3) is 0. The molecule has 26 heavy (non-hydrogen) atoms. The Hall–Kier alpha value is -1.52. The molecule has 4 aromatic rings. The third-order valence-corrected chi connectivity index (χ3v) is 10.8. The van der Waals surface area contributed by atoms with Crippen LogP contribution in [0, 0.1) is 0 Å². The number of benzene rings is 4. The molecular formula is C24H20Sn2-2. The van der Waals surface area contributed by atoms with Crippen molar-refractivity contribution >= 4 is 56.6 Å². The molecule has 0 bridgehead atoms. The van der Waals surface area contributed by atoms with Gasteiger partial charge in [-0.25, -0.2) is 0 Å². The Morgan fingerprint density at radius 2 is 0.462 bits per heavy atom. The van der Waals surface area contributed by atoms with Crippen LogP contribution in [0.2, 0.25) is 0 Å². The van der Waals surface area contributed by atoms with Gasteiger partial charge in [0, 0.05) is 0 Å². The summed E-state index contributed by atoms with van der Waals surface area (Å²) in [6, 6.07) is 43.2. The van der Waals surface area contributed by atoms with Gasteiger partial charge in [0.15, 0.2) is 0 Å². The second-order valence-corrected chi connectivity index (χ2v) is 13.7. The van der Waals surface area contributed by atoms with Crippen molar-refractivity contribution in [2.45, 2.75) is 0 Å². The maximum atomic E-state index is 2.24. The Morgan fingerprint density at radius 3 is 0.654 bits per heavy atom. The average molecular weight is 546 g/mol. The van der Waals surface area contributed by atoms with Gasteiger partial charge in [-0.05, 0) is 0 Å². The summed E-state index contributed by atoms with van der Waals surface area (Å²) in [6.07, 6.45) is 0. The van der Waals surface area contributed by atoms with E-state index in [9.17, 15) is 0 Å². The van der Waals surface area contributed by atoms with E-state index in [0.717, 1.165) is 0 Å². The second kappa shape index (κ2) is 11.2. The van der Waals surface area contributed by atoms with E-state index >= 15 is 0 Å². The van der Waals surface area contributed by atoms with Crippen LogP contribution in [0.25, 0.3) is 0 Å². The van der Waals surface area contributed by atoms with E-state index in [1.165, 1.54) is 14.3 Å². The quantitative estimate of drug-likeness (QED) is 0.346. The zero-order valence-electron chi connectivity index (χ0n) is 14.5. The van der Waals surface area contributed by atoms with Crippen molar-refractivity contribution in [3.05, 3.63) is 121 Å². The molecule has 4 aromatic carbocycles. The Morgan fingerprint density at radius 1 is 0.269 bits per heavy atom. The summed E-state index contributed by atoms with van der Waals surface area (Å²) in [4.78, 5) is 0. The van der Waals surface area contributed by atoms with Crippen LogP contribution in [0.1, 0.15) is 0 Å². The first-order chi connectivity index (χ1) is 12.9. The SMILES string of the molecule is c1cc[c]([Sn-][c]2ccccc2)cc1.c1cc[c]([Sn-][c]2ccccc2)cc1. The van der Waals surface area contributed by atoms with Crippen LogP contribution in [0.5, 0.6) is 0 Å². The molecule has 0 saturated heterocycles. The number of hydrogen-bond acceptors (Lipinski definition) is 0. The van der Waals surface area contributed by atoms with Crippen molar-refractivity contribution in [1.29, 1.82) is 0 Å². The van der Waals surface area contributed by atoms with Crippen LogP contribution >= 0.6 is 0 Å². The molecule has 0 heterocycles. The van der Waals surface area contributed by atoms with Gasteiger partial charge in [0.2, 0.25) is 0 Å². The van der Waals surface area contributed by atoms with Crippen LogP contribution in [0.3, 0.4) is 0 Å². The van der Waals surface area contributed by atoms with Gasteiger partial charge < -0.3 is 0 Å². The molecule has 0 aliphatic rings. The van der Waals surface area contributed by atoms with E-state index in [2.05, 4.69) is 121 Å². The van der Waals surface area contributed by atoms with Crippen molar-refractivity contribution < 1.29 is 0 Å². The zero-order valence-corrected chi connectivity index (χ0v) is 20.3. The molecule has 0 aliphatic carbocycles. The molecule has 0 nitrogen and oxygen atoms in total. The van der Waals surface area contributed by atoms with Crippen molar-refractivity contribution in [2.75, 3.05) is 0 Å². The van der Waals surface area contributed by atoms with Gasteiger partial charge in [-0.3, -0.25) is 0 Å². The molecule has 0 unspecified atom stereocenters. The van der Waals surface area contributed by atoms with Gasteiger partial charge in [0.25, 0.3) is 0 Å². The Kier molecular flexibility index (Phi) is 8.32. The van der Waals surface area contributed by atoms with Crippen molar-refractivity contribution in [1.82, 2.24) is 0 Å². The van der Waals surface area contributed by atoms with E-state index in [1.807, 2.05) is 0 Å². The molecular weight excluding hydrogens is 526 g/mol. The van der Waals surface area contributed by atoms with E-state index < -0.39 is 42.3 Å². The molecule has 126 valence electrons. The first-order valence-electron chi connectivity index (χ1n) is 8.64. The summed E-state index contributed by atoms with van der Waals surface area (Å²) in [5, 5.41) is 0. The summed E-state index contributed by atoms with van der Waals surface area (Å²) in [5.74, 6) is 0. The van der Waals surface area contributed by atoms with E-state index in [1.54, 1.807) is 0 Å². The van der Waals surface area contributed by atoms with Crippen molar-refractivity contribution in [2.24, 2.45) is 0 Å². The summed E-state index contributed by atoms with van der Waals surface area (Å²) in [6.45, 7) is 0. The van der Waals surface area contributed by atoms with Crippen LogP contribution in [-0.2, 0) is 0 Å². The summed E-state index contributed by atoms with van der Waals surface area (Å²) in [5.41, 5.74) is 0. The fourth-order valence-corrected chi connectivity index (χ4v) is 8.42. The number of hydrogen-bond donors (Lipinski definition) is 0. The average Bonchev–Trinajstić information content (AvgIpc) is 2.72. The standard InChI is InChI=1S/4C6H5.2Sn/c4*1-2-4-6-5-3-1;;/h4*1-5H;;/q;;;;2*-1.